The van der Waals surface area contributed by atoms with Crippen molar-refractivity contribution in [2.24, 2.45) is 5.41 Å². The Morgan fingerprint density at radius 1 is 1.31 bits per heavy atom. The number of nitriles is 1. The summed E-state index contributed by atoms with van der Waals surface area (Å²) in [5, 5.41) is 19.9. The lowest BCUT2D eigenvalue weighted by atomic mass is 9.93. The minimum atomic E-state index is -0.429. The van der Waals surface area contributed by atoms with E-state index >= 15 is 0 Å². The Morgan fingerprint density at radius 3 is 2.77 bits per heavy atom. The lowest BCUT2D eigenvalue weighted by Crippen LogP contribution is -2.45. The van der Waals surface area contributed by atoms with Gasteiger partial charge in [-0.1, -0.05) is 11.2 Å². The molecular formula is C19H21N5O2. The molecule has 1 spiro atoms. The SMILES string of the molecule is CC(Nc1nnc(-c2cccc(C#N)c2)o1)C(=O)N1CCC2(CC1)CC2. The zero-order valence-corrected chi connectivity index (χ0v) is 14.7. The van der Waals surface area contributed by atoms with Crippen molar-refractivity contribution in [3.8, 4) is 17.5 Å². The van der Waals surface area contributed by atoms with Crippen LogP contribution in [0.15, 0.2) is 28.7 Å². The number of hydrogen-bond acceptors (Lipinski definition) is 6. The number of likely N-dealkylation sites (tertiary alicyclic amines) is 1. The standard InChI is InChI=1S/C19H21N5O2/c1-13(17(25)24-9-7-19(5-6-19)8-10-24)21-18-23-22-16(26-18)15-4-2-3-14(11-15)12-20/h2-4,11,13H,5-10H2,1H3,(H,21,23). The molecule has 1 saturated carbocycles. The van der Waals surface area contributed by atoms with Crippen molar-refractivity contribution in [3.05, 3.63) is 29.8 Å². The van der Waals surface area contributed by atoms with Gasteiger partial charge in [-0.2, -0.15) is 5.26 Å². The molecule has 1 aliphatic carbocycles. The molecule has 0 radical (unpaired) electrons. The van der Waals surface area contributed by atoms with Crippen LogP contribution in [-0.4, -0.2) is 40.1 Å². The van der Waals surface area contributed by atoms with E-state index in [-0.39, 0.29) is 11.9 Å². The molecule has 7 nitrogen and oxygen atoms in total. The molecule has 1 aromatic carbocycles. The van der Waals surface area contributed by atoms with E-state index < -0.39 is 6.04 Å². The van der Waals surface area contributed by atoms with Crippen molar-refractivity contribution in [1.82, 2.24) is 15.1 Å². The number of carbonyl (C=O) groups excluding carboxylic acids is 1. The molecule has 1 amide bonds. The highest BCUT2D eigenvalue weighted by molar-refractivity contribution is 5.83. The van der Waals surface area contributed by atoms with E-state index in [1.165, 1.54) is 12.8 Å². The summed E-state index contributed by atoms with van der Waals surface area (Å²) in [6, 6.07) is 8.82. The maximum absolute atomic E-state index is 12.6. The second-order valence-electron chi connectivity index (χ2n) is 7.30. The van der Waals surface area contributed by atoms with Crippen molar-refractivity contribution in [2.75, 3.05) is 18.4 Å². The van der Waals surface area contributed by atoms with Gasteiger partial charge in [0.05, 0.1) is 11.6 Å². The first-order valence-corrected chi connectivity index (χ1v) is 8.98. The van der Waals surface area contributed by atoms with Crippen LogP contribution in [0, 0.1) is 16.7 Å². The lowest BCUT2D eigenvalue weighted by Gasteiger charge is -2.33. The van der Waals surface area contributed by atoms with Gasteiger partial charge in [0, 0.05) is 18.7 Å². The Bertz CT molecular complexity index is 855. The predicted molar refractivity (Wildman–Crippen MR) is 95.0 cm³/mol. The van der Waals surface area contributed by atoms with Gasteiger partial charge in [0.2, 0.25) is 11.8 Å². The predicted octanol–water partition coefficient (Wildman–Crippen LogP) is 2.81. The highest BCUT2D eigenvalue weighted by Gasteiger charge is 2.45. The zero-order chi connectivity index (χ0) is 18.1. The Labute approximate surface area is 152 Å². The normalized spacial score (nSPS) is 19.0. The molecule has 2 aliphatic rings. The molecule has 4 rings (SSSR count). The summed E-state index contributed by atoms with van der Waals surface area (Å²) in [4.78, 5) is 14.6. The number of nitrogens with zero attached hydrogens (tertiary/aromatic N) is 4. The highest BCUT2D eigenvalue weighted by atomic mass is 16.4. The van der Waals surface area contributed by atoms with E-state index in [4.69, 9.17) is 9.68 Å². The molecule has 1 atom stereocenters. The molecule has 2 heterocycles. The van der Waals surface area contributed by atoms with Gasteiger partial charge in [-0.15, -0.1) is 5.10 Å². The van der Waals surface area contributed by atoms with Crippen LogP contribution in [0.1, 0.15) is 38.2 Å². The highest BCUT2D eigenvalue weighted by Crippen LogP contribution is 2.53. The fourth-order valence-corrected chi connectivity index (χ4v) is 3.52. The number of anilines is 1. The van der Waals surface area contributed by atoms with Crippen LogP contribution in [0.25, 0.3) is 11.5 Å². The van der Waals surface area contributed by atoms with Crippen molar-refractivity contribution in [3.63, 3.8) is 0 Å². The molecule has 0 bridgehead atoms. The summed E-state index contributed by atoms with van der Waals surface area (Å²) in [5.74, 6) is 0.379. The van der Waals surface area contributed by atoms with Gasteiger partial charge in [0.1, 0.15) is 6.04 Å². The van der Waals surface area contributed by atoms with E-state index in [0.29, 0.717) is 22.4 Å². The summed E-state index contributed by atoms with van der Waals surface area (Å²) in [6.07, 6.45) is 4.87. The van der Waals surface area contributed by atoms with Gasteiger partial charge in [-0.25, -0.2) is 0 Å². The van der Waals surface area contributed by atoms with Crippen molar-refractivity contribution in [2.45, 2.75) is 38.6 Å². The minimum absolute atomic E-state index is 0.0618. The third-order valence-electron chi connectivity index (χ3n) is 5.47. The number of carbonyl (C=O) groups is 1. The molecule has 1 saturated heterocycles. The zero-order valence-electron chi connectivity index (χ0n) is 14.7. The molecule has 134 valence electrons. The van der Waals surface area contributed by atoms with Crippen LogP contribution >= 0.6 is 0 Å². The monoisotopic (exact) mass is 351 g/mol. The second-order valence-corrected chi connectivity index (χ2v) is 7.30. The van der Waals surface area contributed by atoms with Crippen molar-refractivity contribution < 1.29 is 9.21 Å². The Hall–Kier alpha value is -2.88. The Morgan fingerprint density at radius 2 is 2.08 bits per heavy atom. The number of piperidine rings is 1. The van der Waals surface area contributed by atoms with Gasteiger partial charge in [-0.05, 0) is 56.2 Å². The first-order valence-electron chi connectivity index (χ1n) is 8.98. The molecule has 2 aromatic rings. The quantitative estimate of drug-likeness (QED) is 0.910. The van der Waals surface area contributed by atoms with E-state index in [1.54, 1.807) is 24.3 Å². The molecule has 1 unspecified atom stereocenters. The van der Waals surface area contributed by atoms with Crippen LogP contribution in [0.4, 0.5) is 6.01 Å². The topological polar surface area (TPSA) is 95.0 Å². The largest absolute Gasteiger partial charge is 0.403 e. The second kappa shape index (κ2) is 6.45. The van der Waals surface area contributed by atoms with Gasteiger partial charge in [0.15, 0.2) is 0 Å². The smallest absolute Gasteiger partial charge is 0.316 e. The lowest BCUT2D eigenvalue weighted by molar-refractivity contribution is -0.133. The van der Waals surface area contributed by atoms with Gasteiger partial charge in [-0.3, -0.25) is 4.79 Å². The number of amides is 1. The number of rotatable bonds is 4. The van der Waals surface area contributed by atoms with Crippen molar-refractivity contribution >= 4 is 11.9 Å². The first-order chi connectivity index (χ1) is 12.6. The Kier molecular flexibility index (Phi) is 4.11. The van der Waals surface area contributed by atoms with Crippen LogP contribution in [-0.2, 0) is 4.79 Å². The summed E-state index contributed by atoms with van der Waals surface area (Å²) in [7, 11) is 0. The summed E-state index contributed by atoms with van der Waals surface area (Å²) < 4.78 is 5.61. The maximum atomic E-state index is 12.6. The van der Waals surface area contributed by atoms with E-state index in [2.05, 4.69) is 21.6 Å². The average Bonchev–Trinajstić information content (AvgIpc) is 3.26. The van der Waals surface area contributed by atoms with Gasteiger partial charge in [0.25, 0.3) is 0 Å². The maximum Gasteiger partial charge on any atom is 0.316 e. The molecular weight excluding hydrogens is 330 g/mol. The van der Waals surface area contributed by atoms with Gasteiger partial charge >= 0.3 is 6.01 Å². The van der Waals surface area contributed by atoms with Crippen molar-refractivity contribution in [1.29, 1.82) is 5.26 Å². The third kappa shape index (κ3) is 3.27. The van der Waals surface area contributed by atoms with Crippen LogP contribution in [0.3, 0.4) is 0 Å². The van der Waals surface area contributed by atoms with Crippen LogP contribution < -0.4 is 5.32 Å². The average molecular weight is 351 g/mol. The molecule has 26 heavy (non-hydrogen) atoms. The van der Waals surface area contributed by atoms with Crippen LogP contribution in [0.2, 0.25) is 0 Å². The minimum Gasteiger partial charge on any atom is -0.403 e. The van der Waals surface area contributed by atoms with E-state index in [0.717, 1.165) is 25.9 Å². The summed E-state index contributed by atoms with van der Waals surface area (Å²) in [5.41, 5.74) is 1.75. The fraction of sp³-hybridized carbons (Fsp3) is 0.474. The molecule has 1 N–H and O–H groups in total. The molecule has 1 aromatic heterocycles. The molecule has 7 heteroatoms. The fourth-order valence-electron chi connectivity index (χ4n) is 3.52. The Balaban J connectivity index is 1.38. The molecule has 1 aliphatic heterocycles. The van der Waals surface area contributed by atoms with Crippen LogP contribution in [0.5, 0.6) is 0 Å². The number of nitrogens with one attached hydrogen (secondary N) is 1. The number of benzene rings is 1. The molecule has 2 fully saturated rings. The summed E-state index contributed by atoms with van der Waals surface area (Å²) >= 11 is 0. The number of hydrogen-bond donors (Lipinski definition) is 1. The first kappa shape index (κ1) is 16.6. The number of aromatic nitrogens is 2. The van der Waals surface area contributed by atoms with E-state index in [1.807, 2.05) is 11.8 Å². The van der Waals surface area contributed by atoms with E-state index in [9.17, 15) is 4.79 Å². The van der Waals surface area contributed by atoms with Gasteiger partial charge < -0.3 is 14.6 Å². The summed E-state index contributed by atoms with van der Waals surface area (Å²) in [6.45, 7) is 3.48. The third-order valence-corrected chi connectivity index (χ3v) is 5.47.